The van der Waals surface area contributed by atoms with E-state index in [-0.39, 0.29) is 12.5 Å². The van der Waals surface area contributed by atoms with Crippen LogP contribution in [0.25, 0.3) is 0 Å². The molecule has 0 spiro atoms. The predicted octanol–water partition coefficient (Wildman–Crippen LogP) is -2.06. The molecule has 1 unspecified atom stereocenters. The highest BCUT2D eigenvalue weighted by Gasteiger charge is 2.22. The first-order valence-electron chi connectivity index (χ1n) is 6.56. The number of hydrogen-bond acceptors (Lipinski definition) is 6. The molecule has 0 aliphatic rings. The Morgan fingerprint density at radius 2 is 1.95 bits per heavy atom. The highest BCUT2D eigenvalue weighted by molar-refractivity contribution is 5.81. The monoisotopic (exact) mass is 289 g/mol. The molecule has 0 aromatic rings. The van der Waals surface area contributed by atoms with Gasteiger partial charge in [-0.15, -0.1) is 0 Å². The number of likely N-dealkylation sites (N-methyl/N-ethyl adjacent to an activating group) is 2. The lowest BCUT2D eigenvalue weighted by atomic mass is 10.2. The Morgan fingerprint density at radius 3 is 2.40 bits per heavy atom. The van der Waals surface area contributed by atoms with Gasteiger partial charge in [-0.3, -0.25) is 19.3 Å². The smallest absolute Gasteiger partial charge is 0.239 e. The Labute approximate surface area is 120 Å². The molecule has 0 saturated carbocycles. The van der Waals surface area contributed by atoms with Gasteiger partial charge in [0.15, 0.2) is 0 Å². The molecule has 1 atom stereocenters. The summed E-state index contributed by atoms with van der Waals surface area (Å²) < 4.78 is 0. The Kier molecular flexibility index (Phi) is 9.91. The van der Waals surface area contributed by atoms with Gasteiger partial charge in [0.25, 0.3) is 0 Å². The maximum Gasteiger partial charge on any atom is 0.239 e. The maximum absolute atomic E-state index is 12.0. The minimum Gasteiger partial charge on any atom is -0.353 e. The average molecular weight is 289 g/mol. The van der Waals surface area contributed by atoms with Crippen molar-refractivity contribution in [1.29, 1.82) is 0 Å². The van der Waals surface area contributed by atoms with Crippen molar-refractivity contribution in [3.63, 3.8) is 0 Å². The molecule has 0 rings (SSSR count). The van der Waals surface area contributed by atoms with Crippen LogP contribution in [0.2, 0.25) is 0 Å². The topological polar surface area (TPSA) is 91.1 Å². The molecule has 0 bridgehead atoms. The fourth-order valence-electron chi connectivity index (χ4n) is 1.42. The number of carbonyl (C=O) groups is 2. The molecule has 8 nitrogen and oxygen atoms in total. The SMILES string of the molecule is CN(C)CCNC(=O)C(CON(C=O)CCN)N(C)C. The maximum atomic E-state index is 12.0. The lowest BCUT2D eigenvalue weighted by Gasteiger charge is -2.25. The van der Waals surface area contributed by atoms with Gasteiger partial charge in [0.1, 0.15) is 6.04 Å². The summed E-state index contributed by atoms with van der Waals surface area (Å²) in [6, 6.07) is -0.461. The van der Waals surface area contributed by atoms with Crippen LogP contribution in [0, 0.1) is 0 Å². The van der Waals surface area contributed by atoms with Crippen molar-refractivity contribution in [2.75, 3.05) is 61.0 Å². The third-order valence-corrected chi connectivity index (χ3v) is 2.65. The van der Waals surface area contributed by atoms with Crippen molar-refractivity contribution >= 4 is 12.3 Å². The van der Waals surface area contributed by atoms with Crippen LogP contribution in [0.15, 0.2) is 0 Å². The van der Waals surface area contributed by atoms with Crippen molar-refractivity contribution in [2.45, 2.75) is 6.04 Å². The van der Waals surface area contributed by atoms with E-state index in [1.807, 2.05) is 19.0 Å². The van der Waals surface area contributed by atoms with Gasteiger partial charge in [-0.25, -0.2) is 5.06 Å². The zero-order valence-electron chi connectivity index (χ0n) is 12.8. The number of rotatable bonds is 11. The van der Waals surface area contributed by atoms with Crippen molar-refractivity contribution in [2.24, 2.45) is 5.73 Å². The van der Waals surface area contributed by atoms with Gasteiger partial charge in [0.2, 0.25) is 12.3 Å². The minimum atomic E-state index is -0.461. The Balaban J connectivity index is 4.27. The fraction of sp³-hybridized carbons (Fsp3) is 0.833. The molecule has 0 aliphatic carbocycles. The first-order chi connectivity index (χ1) is 9.42. The van der Waals surface area contributed by atoms with Crippen LogP contribution >= 0.6 is 0 Å². The summed E-state index contributed by atoms with van der Waals surface area (Å²) in [5.41, 5.74) is 5.35. The lowest BCUT2D eigenvalue weighted by Crippen LogP contribution is -2.48. The highest BCUT2D eigenvalue weighted by atomic mass is 16.7. The molecular weight excluding hydrogens is 262 g/mol. The molecule has 0 saturated heterocycles. The molecule has 0 heterocycles. The highest BCUT2D eigenvalue weighted by Crippen LogP contribution is 1.97. The number of amides is 2. The molecule has 0 aliphatic heterocycles. The van der Waals surface area contributed by atoms with Gasteiger partial charge >= 0.3 is 0 Å². The van der Waals surface area contributed by atoms with E-state index >= 15 is 0 Å². The van der Waals surface area contributed by atoms with Crippen molar-refractivity contribution in [3.8, 4) is 0 Å². The molecular formula is C12H27N5O3. The Hall–Kier alpha value is -1.22. The first-order valence-corrected chi connectivity index (χ1v) is 6.56. The van der Waals surface area contributed by atoms with E-state index in [1.165, 1.54) is 0 Å². The van der Waals surface area contributed by atoms with E-state index in [4.69, 9.17) is 10.6 Å². The third-order valence-electron chi connectivity index (χ3n) is 2.65. The fourth-order valence-corrected chi connectivity index (χ4v) is 1.42. The van der Waals surface area contributed by atoms with Crippen LogP contribution in [0.4, 0.5) is 0 Å². The van der Waals surface area contributed by atoms with Crippen molar-refractivity contribution < 1.29 is 14.4 Å². The van der Waals surface area contributed by atoms with E-state index < -0.39 is 6.04 Å². The van der Waals surface area contributed by atoms with Gasteiger partial charge < -0.3 is 16.0 Å². The van der Waals surface area contributed by atoms with Gasteiger partial charge in [0.05, 0.1) is 13.2 Å². The quantitative estimate of drug-likeness (QED) is 0.336. The Morgan fingerprint density at radius 1 is 1.30 bits per heavy atom. The number of nitrogens with two attached hydrogens (primary N) is 1. The molecule has 2 amide bonds. The molecule has 118 valence electrons. The Bertz CT molecular complexity index is 286. The summed E-state index contributed by atoms with van der Waals surface area (Å²) >= 11 is 0. The molecule has 0 radical (unpaired) electrons. The van der Waals surface area contributed by atoms with Crippen LogP contribution in [0.5, 0.6) is 0 Å². The number of hydrogen-bond donors (Lipinski definition) is 2. The molecule has 20 heavy (non-hydrogen) atoms. The third kappa shape index (κ3) is 8.05. The summed E-state index contributed by atoms with van der Waals surface area (Å²) in [7, 11) is 7.45. The van der Waals surface area contributed by atoms with Gasteiger partial charge in [-0.1, -0.05) is 0 Å². The van der Waals surface area contributed by atoms with Gasteiger partial charge in [-0.2, -0.15) is 0 Å². The van der Waals surface area contributed by atoms with Gasteiger partial charge in [0, 0.05) is 19.6 Å². The van der Waals surface area contributed by atoms with Crippen LogP contribution in [0.3, 0.4) is 0 Å². The molecule has 0 aromatic heterocycles. The summed E-state index contributed by atoms with van der Waals surface area (Å²) in [6.45, 7) is 2.03. The summed E-state index contributed by atoms with van der Waals surface area (Å²) in [6.07, 6.45) is 0.559. The zero-order chi connectivity index (χ0) is 15.5. The van der Waals surface area contributed by atoms with E-state index in [2.05, 4.69) is 5.32 Å². The normalized spacial score (nSPS) is 12.6. The summed E-state index contributed by atoms with van der Waals surface area (Å²) in [4.78, 5) is 31.8. The van der Waals surface area contributed by atoms with Crippen molar-refractivity contribution in [3.05, 3.63) is 0 Å². The van der Waals surface area contributed by atoms with E-state index in [0.29, 0.717) is 26.0 Å². The standard InChI is InChI=1S/C12H27N5O3/c1-15(2)8-6-14-12(19)11(16(3)4)9-20-17(10-18)7-5-13/h10-11H,5-9,13H2,1-4H3,(H,14,19). The van der Waals surface area contributed by atoms with Crippen LogP contribution in [-0.2, 0) is 14.4 Å². The number of hydroxylamine groups is 2. The van der Waals surface area contributed by atoms with E-state index in [9.17, 15) is 9.59 Å². The van der Waals surface area contributed by atoms with E-state index in [1.54, 1.807) is 19.0 Å². The van der Waals surface area contributed by atoms with Crippen LogP contribution in [-0.4, -0.2) is 94.2 Å². The number of nitrogens with one attached hydrogen (secondary N) is 1. The molecule has 3 N–H and O–H groups in total. The number of carbonyl (C=O) groups excluding carboxylic acids is 2. The predicted molar refractivity (Wildman–Crippen MR) is 76.8 cm³/mol. The lowest BCUT2D eigenvalue weighted by molar-refractivity contribution is -0.178. The summed E-state index contributed by atoms with van der Waals surface area (Å²) in [5, 5.41) is 3.94. The molecule has 0 fully saturated rings. The average Bonchev–Trinajstić information content (AvgIpc) is 2.36. The second-order valence-electron chi connectivity index (χ2n) is 4.90. The second-order valence-corrected chi connectivity index (χ2v) is 4.90. The molecule has 8 heteroatoms. The number of nitrogens with zero attached hydrogens (tertiary/aromatic N) is 3. The first kappa shape index (κ1) is 18.8. The minimum absolute atomic E-state index is 0.0968. The summed E-state index contributed by atoms with van der Waals surface area (Å²) in [5.74, 6) is -0.129. The van der Waals surface area contributed by atoms with Crippen molar-refractivity contribution in [1.82, 2.24) is 20.2 Å². The van der Waals surface area contributed by atoms with Gasteiger partial charge in [-0.05, 0) is 28.2 Å². The van der Waals surface area contributed by atoms with Crippen LogP contribution in [0.1, 0.15) is 0 Å². The molecule has 0 aromatic carbocycles. The largest absolute Gasteiger partial charge is 0.353 e. The van der Waals surface area contributed by atoms with Crippen LogP contribution < -0.4 is 11.1 Å². The zero-order valence-corrected chi connectivity index (χ0v) is 12.8. The second kappa shape index (κ2) is 10.6. The van der Waals surface area contributed by atoms with E-state index in [0.717, 1.165) is 11.6 Å².